The van der Waals surface area contributed by atoms with E-state index in [-0.39, 0.29) is 24.4 Å². The molecule has 26 heavy (non-hydrogen) atoms. The van der Waals surface area contributed by atoms with Crippen molar-refractivity contribution in [1.82, 2.24) is 5.32 Å². The molecular weight excluding hydrogens is 354 g/mol. The van der Waals surface area contributed by atoms with E-state index in [9.17, 15) is 9.59 Å². The molecule has 1 aliphatic rings. The molecule has 1 fully saturated rings. The van der Waals surface area contributed by atoms with E-state index in [4.69, 9.17) is 16.3 Å². The second-order valence-electron chi connectivity index (χ2n) is 6.16. The molecule has 0 spiro atoms. The third kappa shape index (κ3) is 4.08. The van der Waals surface area contributed by atoms with E-state index >= 15 is 0 Å². The Labute approximate surface area is 157 Å². The van der Waals surface area contributed by atoms with Gasteiger partial charge in [0.2, 0.25) is 5.91 Å². The Morgan fingerprint density at radius 3 is 2.65 bits per heavy atom. The summed E-state index contributed by atoms with van der Waals surface area (Å²) >= 11 is 5.97. The maximum atomic E-state index is 12.3. The van der Waals surface area contributed by atoms with Crippen molar-refractivity contribution in [2.24, 2.45) is 0 Å². The third-order valence-electron chi connectivity index (χ3n) is 4.29. The average Bonchev–Trinajstić information content (AvgIpc) is 2.98. The first kappa shape index (κ1) is 18.1. The lowest BCUT2D eigenvalue weighted by atomic mass is 10.2. The molecule has 136 valence electrons. The Morgan fingerprint density at radius 1 is 1.23 bits per heavy atom. The fraction of sp³-hybridized carbons (Fsp3) is 0.263. The van der Waals surface area contributed by atoms with Crippen molar-refractivity contribution in [3.63, 3.8) is 0 Å². The number of anilines is 2. The van der Waals surface area contributed by atoms with Crippen LogP contribution < -0.4 is 20.3 Å². The van der Waals surface area contributed by atoms with Crippen LogP contribution in [0.4, 0.5) is 16.2 Å². The minimum absolute atomic E-state index is 0.0283. The zero-order valence-electron chi connectivity index (χ0n) is 14.6. The van der Waals surface area contributed by atoms with Gasteiger partial charge in [0.05, 0.1) is 13.2 Å². The van der Waals surface area contributed by atoms with Crippen LogP contribution >= 0.6 is 11.6 Å². The molecule has 7 heteroatoms. The fourth-order valence-electron chi connectivity index (χ4n) is 2.89. The minimum Gasteiger partial charge on any atom is -0.497 e. The second-order valence-corrected chi connectivity index (χ2v) is 6.60. The number of benzene rings is 2. The molecule has 0 bridgehead atoms. The Morgan fingerprint density at radius 2 is 1.96 bits per heavy atom. The lowest BCUT2D eigenvalue weighted by Gasteiger charge is -2.18. The predicted molar refractivity (Wildman–Crippen MR) is 102 cm³/mol. The Hall–Kier alpha value is -2.73. The van der Waals surface area contributed by atoms with Crippen LogP contribution in [-0.2, 0) is 4.79 Å². The van der Waals surface area contributed by atoms with E-state index in [0.29, 0.717) is 17.3 Å². The molecule has 0 aliphatic carbocycles. The van der Waals surface area contributed by atoms with Gasteiger partial charge in [0.1, 0.15) is 5.75 Å². The van der Waals surface area contributed by atoms with Crippen LogP contribution in [0, 0.1) is 6.92 Å². The molecule has 1 heterocycles. The van der Waals surface area contributed by atoms with E-state index in [1.165, 1.54) is 0 Å². The molecular formula is C19H20ClN3O3. The van der Waals surface area contributed by atoms with E-state index < -0.39 is 0 Å². The average molecular weight is 374 g/mol. The number of amides is 3. The van der Waals surface area contributed by atoms with Gasteiger partial charge in [-0.15, -0.1) is 0 Å². The number of methoxy groups -OCH3 is 1. The normalized spacial score (nSPS) is 16.5. The van der Waals surface area contributed by atoms with Crippen LogP contribution in [-0.4, -0.2) is 31.6 Å². The van der Waals surface area contributed by atoms with Gasteiger partial charge < -0.3 is 20.3 Å². The number of carbonyl (C=O) groups is 2. The third-order valence-corrected chi connectivity index (χ3v) is 4.53. The molecule has 2 N–H and O–H groups in total. The monoisotopic (exact) mass is 373 g/mol. The fourth-order valence-corrected chi connectivity index (χ4v) is 3.06. The first-order chi connectivity index (χ1) is 12.5. The molecule has 6 nitrogen and oxygen atoms in total. The molecule has 1 saturated heterocycles. The molecule has 0 unspecified atom stereocenters. The first-order valence-electron chi connectivity index (χ1n) is 8.24. The summed E-state index contributed by atoms with van der Waals surface area (Å²) in [6.07, 6.45) is 0.258. The molecule has 0 aromatic heterocycles. The number of urea groups is 1. The van der Waals surface area contributed by atoms with Crippen molar-refractivity contribution in [3.8, 4) is 5.75 Å². The zero-order valence-corrected chi connectivity index (χ0v) is 15.3. The molecule has 0 saturated carbocycles. The van der Waals surface area contributed by atoms with Crippen molar-refractivity contribution in [1.29, 1.82) is 0 Å². The molecule has 3 amide bonds. The summed E-state index contributed by atoms with van der Waals surface area (Å²) in [5, 5.41) is 6.18. The number of nitrogens with zero attached hydrogens (tertiary/aromatic N) is 1. The van der Waals surface area contributed by atoms with Crippen molar-refractivity contribution in [2.75, 3.05) is 23.9 Å². The van der Waals surface area contributed by atoms with Crippen LogP contribution in [0.1, 0.15) is 12.0 Å². The summed E-state index contributed by atoms with van der Waals surface area (Å²) in [4.78, 5) is 26.2. The summed E-state index contributed by atoms with van der Waals surface area (Å²) in [5.41, 5.74) is 2.34. The van der Waals surface area contributed by atoms with E-state index in [2.05, 4.69) is 10.6 Å². The first-order valence-corrected chi connectivity index (χ1v) is 8.62. The number of ether oxygens (including phenoxy) is 1. The van der Waals surface area contributed by atoms with Crippen LogP contribution in [0.2, 0.25) is 5.02 Å². The van der Waals surface area contributed by atoms with Crippen LogP contribution in [0.5, 0.6) is 5.75 Å². The van der Waals surface area contributed by atoms with Gasteiger partial charge in [-0.2, -0.15) is 0 Å². The second kappa shape index (κ2) is 7.66. The van der Waals surface area contributed by atoms with Gasteiger partial charge in [-0.3, -0.25) is 4.79 Å². The van der Waals surface area contributed by atoms with Crippen molar-refractivity contribution >= 4 is 34.9 Å². The minimum atomic E-state index is -0.357. The Bertz CT molecular complexity index is 823. The predicted octanol–water partition coefficient (Wildman–Crippen LogP) is 3.58. The highest BCUT2D eigenvalue weighted by atomic mass is 35.5. The highest BCUT2D eigenvalue weighted by molar-refractivity contribution is 6.31. The molecule has 0 radical (unpaired) electrons. The lowest BCUT2D eigenvalue weighted by Crippen LogP contribution is -2.39. The lowest BCUT2D eigenvalue weighted by molar-refractivity contribution is -0.117. The molecule has 1 atom stereocenters. The Kier molecular flexibility index (Phi) is 5.32. The van der Waals surface area contributed by atoms with E-state index in [0.717, 1.165) is 17.0 Å². The van der Waals surface area contributed by atoms with Gasteiger partial charge in [-0.25, -0.2) is 4.79 Å². The maximum Gasteiger partial charge on any atom is 0.319 e. The number of hydrogen-bond donors (Lipinski definition) is 2. The van der Waals surface area contributed by atoms with Gasteiger partial charge in [0.25, 0.3) is 0 Å². The largest absolute Gasteiger partial charge is 0.497 e. The molecule has 1 aliphatic heterocycles. The number of aryl methyl sites for hydroxylation is 1. The van der Waals surface area contributed by atoms with Crippen LogP contribution in [0.3, 0.4) is 0 Å². The summed E-state index contributed by atoms with van der Waals surface area (Å²) in [6.45, 7) is 2.31. The van der Waals surface area contributed by atoms with E-state index in [1.807, 2.05) is 25.1 Å². The van der Waals surface area contributed by atoms with Gasteiger partial charge in [-0.05, 0) is 48.9 Å². The quantitative estimate of drug-likeness (QED) is 0.860. The summed E-state index contributed by atoms with van der Waals surface area (Å²) < 4.78 is 5.13. The van der Waals surface area contributed by atoms with Crippen molar-refractivity contribution in [2.45, 2.75) is 19.4 Å². The highest BCUT2D eigenvalue weighted by Gasteiger charge is 2.31. The zero-order chi connectivity index (χ0) is 18.7. The maximum absolute atomic E-state index is 12.3. The van der Waals surface area contributed by atoms with Gasteiger partial charge in [-0.1, -0.05) is 17.7 Å². The van der Waals surface area contributed by atoms with E-state index in [1.54, 1.807) is 36.3 Å². The molecule has 2 aromatic rings. The highest BCUT2D eigenvalue weighted by Crippen LogP contribution is 2.24. The summed E-state index contributed by atoms with van der Waals surface area (Å²) in [7, 11) is 1.59. The van der Waals surface area contributed by atoms with Crippen LogP contribution in [0.15, 0.2) is 42.5 Å². The molecule has 2 aromatic carbocycles. The number of nitrogens with one attached hydrogen (secondary N) is 2. The number of hydrogen-bond acceptors (Lipinski definition) is 3. The SMILES string of the molecule is COc1ccc(N2C[C@@H](NC(=O)Nc3cc(Cl)ccc3C)CC2=O)cc1. The van der Waals surface area contributed by atoms with Gasteiger partial charge in [0, 0.05) is 29.4 Å². The van der Waals surface area contributed by atoms with Crippen molar-refractivity contribution < 1.29 is 14.3 Å². The molecule has 3 rings (SSSR count). The summed E-state index contributed by atoms with van der Waals surface area (Å²) in [6, 6.07) is 11.9. The number of halogens is 1. The topological polar surface area (TPSA) is 70.7 Å². The smallest absolute Gasteiger partial charge is 0.319 e. The van der Waals surface area contributed by atoms with Crippen LogP contribution in [0.25, 0.3) is 0 Å². The Balaban J connectivity index is 1.61. The standard InChI is InChI=1S/C19H20ClN3O3/c1-12-3-4-13(20)9-17(12)22-19(25)21-14-10-18(24)23(11-14)15-5-7-16(26-2)8-6-15/h3-9,14H,10-11H2,1-2H3,(H2,21,22,25)/t14-/m0/s1. The summed E-state index contributed by atoms with van der Waals surface area (Å²) in [5.74, 6) is 0.700. The van der Waals surface area contributed by atoms with Gasteiger partial charge >= 0.3 is 6.03 Å². The number of carbonyl (C=O) groups excluding carboxylic acids is 2. The number of rotatable bonds is 4. The van der Waals surface area contributed by atoms with Gasteiger partial charge in [0.15, 0.2) is 0 Å². The van der Waals surface area contributed by atoms with Crippen molar-refractivity contribution in [3.05, 3.63) is 53.1 Å².